The number of nitrogens with two attached hydrogens (primary N) is 1. The van der Waals surface area contributed by atoms with Crippen molar-refractivity contribution in [3.05, 3.63) is 46.2 Å². The minimum atomic E-state index is -0.439. The van der Waals surface area contributed by atoms with Crippen molar-refractivity contribution in [2.75, 3.05) is 5.73 Å². The molecule has 0 atom stereocenters. The van der Waals surface area contributed by atoms with Crippen molar-refractivity contribution < 1.29 is 9.53 Å². The molecule has 0 radical (unpaired) electrons. The van der Waals surface area contributed by atoms with Crippen LogP contribution in [0.2, 0.25) is 5.02 Å². The number of halogens is 1. The Labute approximate surface area is 122 Å². The van der Waals surface area contributed by atoms with Gasteiger partial charge in [0.1, 0.15) is 6.61 Å². The summed E-state index contributed by atoms with van der Waals surface area (Å²) in [4.78, 5) is 11.9. The number of aromatic nitrogens is 2. The second-order valence-corrected chi connectivity index (χ2v) is 4.82. The third-order valence-electron chi connectivity index (χ3n) is 2.98. The van der Waals surface area contributed by atoms with Gasteiger partial charge in [-0.25, -0.2) is 4.79 Å². The zero-order valence-corrected chi connectivity index (χ0v) is 12.1. The second-order valence-electron chi connectivity index (χ2n) is 4.42. The topological polar surface area (TPSA) is 70.1 Å². The molecule has 106 valence electrons. The first-order chi connectivity index (χ1) is 9.51. The molecule has 2 aromatic rings. The maximum atomic E-state index is 11.9. The standard InChI is InChI=1S/C14H16ClN3O2/c1-3-10-7-11(18(2)17-10)8-20-14(19)9-4-5-13(16)12(15)6-9/h4-7H,3,8,16H2,1-2H3. The highest BCUT2D eigenvalue weighted by atomic mass is 35.5. The lowest BCUT2D eigenvalue weighted by molar-refractivity contribution is 0.0463. The molecule has 20 heavy (non-hydrogen) atoms. The molecule has 6 heteroatoms. The maximum absolute atomic E-state index is 11.9. The number of anilines is 1. The van der Waals surface area contributed by atoms with Crippen LogP contribution in [0.25, 0.3) is 0 Å². The van der Waals surface area contributed by atoms with Crippen LogP contribution in [0.15, 0.2) is 24.3 Å². The predicted octanol–water partition coefficient (Wildman–Crippen LogP) is 2.58. The summed E-state index contributed by atoms with van der Waals surface area (Å²) in [5.41, 5.74) is 8.22. The SMILES string of the molecule is CCc1cc(COC(=O)c2ccc(N)c(Cl)c2)n(C)n1. The van der Waals surface area contributed by atoms with E-state index in [1.165, 1.54) is 6.07 Å². The minimum absolute atomic E-state index is 0.171. The summed E-state index contributed by atoms with van der Waals surface area (Å²) in [6, 6.07) is 6.59. The first-order valence-corrected chi connectivity index (χ1v) is 6.63. The van der Waals surface area contributed by atoms with E-state index in [1.54, 1.807) is 16.8 Å². The molecule has 2 rings (SSSR count). The molecule has 0 unspecified atom stereocenters. The summed E-state index contributed by atoms with van der Waals surface area (Å²) < 4.78 is 6.96. The second kappa shape index (κ2) is 5.96. The van der Waals surface area contributed by atoms with Gasteiger partial charge >= 0.3 is 5.97 Å². The van der Waals surface area contributed by atoms with E-state index in [0.717, 1.165) is 17.8 Å². The van der Waals surface area contributed by atoms with Crippen LogP contribution < -0.4 is 5.73 Å². The van der Waals surface area contributed by atoms with Crippen molar-refractivity contribution in [2.24, 2.45) is 7.05 Å². The van der Waals surface area contributed by atoms with E-state index >= 15 is 0 Å². The van der Waals surface area contributed by atoms with E-state index in [2.05, 4.69) is 5.10 Å². The van der Waals surface area contributed by atoms with Gasteiger partial charge in [-0.15, -0.1) is 0 Å². The van der Waals surface area contributed by atoms with Crippen LogP contribution in [0.5, 0.6) is 0 Å². The molecular formula is C14H16ClN3O2. The molecule has 0 bridgehead atoms. The normalized spacial score (nSPS) is 10.6. The van der Waals surface area contributed by atoms with Gasteiger partial charge in [0.25, 0.3) is 0 Å². The fraction of sp³-hybridized carbons (Fsp3) is 0.286. The van der Waals surface area contributed by atoms with E-state index in [4.69, 9.17) is 22.1 Å². The molecule has 2 N–H and O–H groups in total. The molecule has 5 nitrogen and oxygen atoms in total. The van der Waals surface area contributed by atoms with Crippen molar-refractivity contribution in [1.29, 1.82) is 0 Å². The fourth-order valence-corrected chi connectivity index (χ4v) is 1.94. The summed E-state index contributed by atoms with van der Waals surface area (Å²) in [5.74, 6) is -0.439. The van der Waals surface area contributed by atoms with Gasteiger partial charge in [-0.05, 0) is 30.7 Å². The van der Waals surface area contributed by atoms with E-state index in [9.17, 15) is 4.79 Å². The van der Waals surface area contributed by atoms with E-state index < -0.39 is 5.97 Å². The van der Waals surface area contributed by atoms with E-state index in [1.807, 2.05) is 20.0 Å². The fourth-order valence-electron chi connectivity index (χ4n) is 1.76. The van der Waals surface area contributed by atoms with Crippen molar-refractivity contribution in [3.8, 4) is 0 Å². The Morgan fingerprint density at radius 3 is 2.80 bits per heavy atom. The van der Waals surface area contributed by atoms with Crippen LogP contribution in [0.4, 0.5) is 5.69 Å². The van der Waals surface area contributed by atoms with E-state index in [0.29, 0.717) is 16.3 Å². The molecular weight excluding hydrogens is 278 g/mol. The number of esters is 1. The molecule has 0 aliphatic heterocycles. The summed E-state index contributed by atoms with van der Waals surface area (Å²) in [5, 5.41) is 4.63. The third kappa shape index (κ3) is 3.11. The van der Waals surface area contributed by atoms with Gasteiger partial charge in [0.2, 0.25) is 0 Å². The number of nitrogen functional groups attached to an aromatic ring is 1. The highest BCUT2D eigenvalue weighted by Crippen LogP contribution is 2.20. The molecule has 1 aromatic carbocycles. The smallest absolute Gasteiger partial charge is 0.338 e. The number of benzene rings is 1. The highest BCUT2D eigenvalue weighted by molar-refractivity contribution is 6.33. The van der Waals surface area contributed by atoms with Crippen molar-refractivity contribution in [2.45, 2.75) is 20.0 Å². The van der Waals surface area contributed by atoms with Gasteiger partial charge in [0.05, 0.1) is 27.7 Å². The van der Waals surface area contributed by atoms with Crippen LogP contribution in [-0.2, 0) is 24.8 Å². The number of nitrogens with zero attached hydrogens (tertiary/aromatic N) is 2. The third-order valence-corrected chi connectivity index (χ3v) is 3.30. The Morgan fingerprint density at radius 1 is 1.45 bits per heavy atom. The van der Waals surface area contributed by atoms with Gasteiger partial charge in [0.15, 0.2) is 0 Å². The van der Waals surface area contributed by atoms with Crippen LogP contribution in [0, 0.1) is 0 Å². The molecule has 0 spiro atoms. The Hall–Kier alpha value is -2.01. The van der Waals surface area contributed by atoms with Gasteiger partial charge in [-0.3, -0.25) is 4.68 Å². The lowest BCUT2D eigenvalue weighted by Crippen LogP contribution is -2.08. The number of carbonyl (C=O) groups excluding carboxylic acids is 1. The lowest BCUT2D eigenvalue weighted by atomic mass is 10.2. The van der Waals surface area contributed by atoms with Crippen molar-refractivity contribution in [1.82, 2.24) is 9.78 Å². The predicted molar refractivity (Wildman–Crippen MR) is 77.6 cm³/mol. The Kier molecular flexibility index (Phi) is 4.29. The minimum Gasteiger partial charge on any atom is -0.456 e. The quantitative estimate of drug-likeness (QED) is 0.695. The lowest BCUT2D eigenvalue weighted by Gasteiger charge is -2.06. The highest BCUT2D eigenvalue weighted by Gasteiger charge is 2.11. The van der Waals surface area contributed by atoms with Gasteiger partial charge < -0.3 is 10.5 Å². The van der Waals surface area contributed by atoms with E-state index in [-0.39, 0.29) is 6.61 Å². The van der Waals surface area contributed by atoms with Crippen molar-refractivity contribution in [3.63, 3.8) is 0 Å². The first-order valence-electron chi connectivity index (χ1n) is 6.25. The first kappa shape index (κ1) is 14.4. The molecule has 0 saturated heterocycles. The molecule has 0 amide bonds. The summed E-state index contributed by atoms with van der Waals surface area (Å²) in [7, 11) is 1.82. The molecule has 1 aromatic heterocycles. The average molecular weight is 294 g/mol. The molecule has 0 saturated carbocycles. The Bertz CT molecular complexity index is 637. The van der Waals surface area contributed by atoms with Crippen molar-refractivity contribution >= 4 is 23.3 Å². The summed E-state index contributed by atoms with van der Waals surface area (Å²) >= 11 is 5.88. The Morgan fingerprint density at radius 2 is 2.20 bits per heavy atom. The maximum Gasteiger partial charge on any atom is 0.338 e. The van der Waals surface area contributed by atoms with Gasteiger partial charge in [-0.2, -0.15) is 5.10 Å². The summed E-state index contributed by atoms with van der Waals surface area (Å²) in [6.07, 6.45) is 0.843. The van der Waals surface area contributed by atoms with Crippen LogP contribution in [0.1, 0.15) is 28.7 Å². The monoisotopic (exact) mass is 293 g/mol. The van der Waals surface area contributed by atoms with Gasteiger partial charge in [0, 0.05) is 7.05 Å². The molecule has 1 heterocycles. The number of aryl methyl sites for hydroxylation is 2. The average Bonchev–Trinajstić information content (AvgIpc) is 2.79. The Balaban J connectivity index is 2.04. The molecule has 0 fully saturated rings. The molecule has 0 aliphatic carbocycles. The zero-order valence-electron chi connectivity index (χ0n) is 11.4. The van der Waals surface area contributed by atoms with Crippen LogP contribution >= 0.6 is 11.6 Å². The summed E-state index contributed by atoms with van der Waals surface area (Å²) in [6.45, 7) is 2.19. The number of hydrogen-bond acceptors (Lipinski definition) is 4. The molecule has 0 aliphatic rings. The van der Waals surface area contributed by atoms with Crippen LogP contribution in [-0.4, -0.2) is 15.7 Å². The number of rotatable bonds is 4. The number of hydrogen-bond donors (Lipinski definition) is 1. The van der Waals surface area contributed by atoms with Gasteiger partial charge in [-0.1, -0.05) is 18.5 Å². The zero-order chi connectivity index (χ0) is 14.7. The number of carbonyl (C=O) groups is 1. The van der Waals surface area contributed by atoms with Crippen LogP contribution in [0.3, 0.4) is 0 Å². The number of ether oxygens (including phenoxy) is 1. The largest absolute Gasteiger partial charge is 0.456 e.